The van der Waals surface area contributed by atoms with E-state index in [-0.39, 0.29) is 30.9 Å². The number of aryl methyl sites for hydroxylation is 1. The molecule has 4 aromatic rings. The Morgan fingerprint density at radius 3 is 2.55 bits per heavy atom. The summed E-state index contributed by atoms with van der Waals surface area (Å²) in [6, 6.07) is 13.2. The number of aliphatic hydroxyl groups is 1. The lowest BCUT2D eigenvalue weighted by Crippen LogP contribution is -2.43. The Bertz CT molecular complexity index is 1220. The molecule has 0 bridgehead atoms. The van der Waals surface area contributed by atoms with Crippen LogP contribution in [0, 0.1) is 12.7 Å². The molecule has 2 aromatic carbocycles. The molecule has 170 valence electrons. The number of hydrogen-bond acceptors (Lipinski definition) is 5. The Kier molecular flexibility index (Phi) is 6.60. The highest BCUT2D eigenvalue weighted by Gasteiger charge is 2.25. The Hall–Kier alpha value is -3.85. The van der Waals surface area contributed by atoms with Gasteiger partial charge in [-0.05, 0) is 56.3 Å². The van der Waals surface area contributed by atoms with Crippen molar-refractivity contribution in [2.24, 2.45) is 0 Å². The third-order valence-electron chi connectivity index (χ3n) is 5.38. The third kappa shape index (κ3) is 4.98. The number of carbonyl (C=O) groups excluding carboxylic acids is 1. The maximum atomic E-state index is 13.6. The number of carbonyl (C=O) groups is 1. The number of hydrogen-bond donors (Lipinski definition) is 1. The summed E-state index contributed by atoms with van der Waals surface area (Å²) in [5.74, 6) is -0.524. The predicted octanol–water partition coefficient (Wildman–Crippen LogP) is 3.10. The first kappa shape index (κ1) is 22.3. The van der Waals surface area contributed by atoms with Gasteiger partial charge in [-0.15, -0.1) is 0 Å². The molecular weight excluding hydrogens is 423 g/mol. The van der Waals surface area contributed by atoms with Gasteiger partial charge in [0.2, 0.25) is 0 Å². The third-order valence-corrected chi connectivity index (χ3v) is 5.38. The van der Waals surface area contributed by atoms with Crippen molar-refractivity contribution in [2.45, 2.75) is 26.4 Å². The molecule has 1 N–H and O–H groups in total. The Balaban J connectivity index is 1.57. The van der Waals surface area contributed by atoms with Gasteiger partial charge in [-0.25, -0.2) is 4.39 Å². The quantitative estimate of drug-likeness (QED) is 0.447. The maximum absolute atomic E-state index is 13.6. The number of nitrogens with zero attached hydrogens (tertiary/aromatic N) is 6. The molecule has 0 unspecified atom stereocenters. The summed E-state index contributed by atoms with van der Waals surface area (Å²) >= 11 is 0. The largest absolute Gasteiger partial charge is 0.395 e. The smallest absolute Gasteiger partial charge is 0.256 e. The minimum Gasteiger partial charge on any atom is -0.395 e. The van der Waals surface area contributed by atoms with E-state index in [1.807, 2.05) is 38.2 Å². The van der Waals surface area contributed by atoms with Gasteiger partial charge >= 0.3 is 0 Å². The minimum atomic E-state index is -0.300. The molecule has 33 heavy (non-hydrogen) atoms. The van der Waals surface area contributed by atoms with E-state index >= 15 is 0 Å². The van der Waals surface area contributed by atoms with Crippen molar-refractivity contribution in [3.63, 3.8) is 0 Å². The van der Waals surface area contributed by atoms with Crippen molar-refractivity contribution < 1.29 is 14.3 Å². The second-order valence-corrected chi connectivity index (χ2v) is 7.84. The van der Waals surface area contributed by atoms with Crippen LogP contribution in [0.3, 0.4) is 0 Å². The topological polar surface area (TPSA) is 89.1 Å². The van der Waals surface area contributed by atoms with Crippen molar-refractivity contribution in [3.05, 3.63) is 84.1 Å². The standard InChI is InChI=1S/C24H25FN6O2/c1-17-3-8-23(31-26-10-11-27-31)21(15-17)24(33)30(13-14-32)18(2)16-29-12-9-22(28-29)19-4-6-20(25)7-5-19/h3-12,15,18,32H,13-14,16H2,1-2H3/t18-/m0/s1. The van der Waals surface area contributed by atoms with E-state index in [1.54, 1.807) is 40.2 Å². The average molecular weight is 449 g/mol. The van der Waals surface area contributed by atoms with Gasteiger partial charge in [0.05, 0.1) is 42.5 Å². The highest BCUT2D eigenvalue weighted by Crippen LogP contribution is 2.20. The lowest BCUT2D eigenvalue weighted by molar-refractivity contribution is 0.0628. The fourth-order valence-corrected chi connectivity index (χ4v) is 3.73. The van der Waals surface area contributed by atoms with Gasteiger partial charge in [-0.2, -0.15) is 20.1 Å². The van der Waals surface area contributed by atoms with Crippen LogP contribution in [0.5, 0.6) is 0 Å². The number of rotatable bonds is 8. The molecule has 2 heterocycles. The molecule has 0 fully saturated rings. The van der Waals surface area contributed by atoms with Crippen molar-refractivity contribution in [1.29, 1.82) is 0 Å². The van der Waals surface area contributed by atoms with Gasteiger partial charge in [-0.3, -0.25) is 9.48 Å². The normalized spacial score (nSPS) is 12.0. The van der Waals surface area contributed by atoms with Gasteiger partial charge in [0.15, 0.2) is 0 Å². The Labute approximate surface area is 190 Å². The van der Waals surface area contributed by atoms with Crippen LogP contribution in [0.1, 0.15) is 22.8 Å². The van der Waals surface area contributed by atoms with Crippen LogP contribution >= 0.6 is 0 Å². The molecule has 0 aliphatic heterocycles. The number of aliphatic hydroxyl groups excluding tert-OH is 1. The second-order valence-electron chi connectivity index (χ2n) is 7.84. The summed E-state index contributed by atoms with van der Waals surface area (Å²) in [5.41, 5.74) is 3.49. The molecular formula is C24H25FN6O2. The van der Waals surface area contributed by atoms with Crippen LogP contribution in [-0.2, 0) is 6.54 Å². The summed E-state index contributed by atoms with van der Waals surface area (Å²) in [6.45, 7) is 4.25. The van der Waals surface area contributed by atoms with E-state index in [9.17, 15) is 14.3 Å². The fraction of sp³-hybridized carbons (Fsp3) is 0.250. The molecule has 1 amide bonds. The zero-order valence-electron chi connectivity index (χ0n) is 18.5. The predicted molar refractivity (Wildman–Crippen MR) is 121 cm³/mol. The van der Waals surface area contributed by atoms with E-state index < -0.39 is 0 Å². The van der Waals surface area contributed by atoms with Crippen molar-refractivity contribution in [2.75, 3.05) is 13.2 Å². The molecule has 0 aliphatic rings. The molecule has 1 atom stereocenters. The minimum absolute atomic E-state index is 0.169. The Morgan fingerprint density at radius 1 is 1.12 bits per heavy atom. The molecule has 9 heteroatoms. The highest BCUT2D eigenvalue weighted by atomic mass is 19.1. The number of benzene rings is 2. The number of halogens is 1. The van der Waals surface area contributed by atoms with Crippen molar-refractivity contribution in [1.82, 2.24) is 29.7 Å². The van der Waals surface area contributed by atoms with Gasteiger partial charge in [0, 0.05) is 24.3 Å². The Morgan fingerprint density at radius 2 is 1.85 bits per heavy atom. The lowest BCUT2D eigenvalue weighted by atomic mass is 10.1. The van der Waals surface area contributed by atoms with Crippen molar-refractivity contribution in [3.8, 4) is 16.9 Å². The SMILES string of the molecule is Cc1ccc(-n2nccn2)c(C(=O)N(CCO)[C@@H](C)Cn2ccc(-c3ccc(F)cc3)n2)c1. The first-order valence-electron chi connectivity index (χ1n) is 10.6. The highest BCUT2D eigenvalue weighted by molar-refractivity contribution is 5.98. The maximum Gasteiger partial charge on any atom is 0.256 e. The van der Waals surface area contributed by atoms with E-state index in [1.165, 1.54) is 16.9 Å². The van der Waals surface area contributed by atoms with Crippen LogP contribution in [-0.4, -0.2) is 59.9 Å². The summed E-state index contributed by atoms with van der Waals surface area (Å²) < 4.78 is 15.0. The zero-order valence-corrected chi connectivity index (χ0v) is 18.5. The van der Waals surface area contributed by atoms with Crippen LogP contribution in [0.25, 0.3) is 16.9 Å². The van der Waals surface area contributed by atoms with Crippen LogP contribution in [0.4, 0.5) is 4.39 Å². The summed E-state index contributed by atoms with van der Waals surface area (Å²) in [6.07, 6.45) is 4.93. The molecule has 0 spiro atoms. The molecule has 2 aromatic heterocycles. The summed E-state index contributed by atoms with van der Waals surface area (Å²) in [7, 11) is 0. The number of amides is 1. The van der Waals surface area contributed by atoms with Gasteiger partial charge in [0.1, 0.15) is 5.82 Å². The van der Waals surface area contributed by atoms with E-state index in [0.29, 0.717) is 23.5 Å². The second kappa shape index (κ2) is 9.74. The zero-order chi connectivity index (χ0) is 23.4. The molecule has 4 rings (SSSR count). The molecule has 0 saturated carbocycles. The molecule has 0 aliphatic carbocycles. The summed E-state index contributed by atoms with van der Waals surface area (Å²) in [5, 5.41) is 22.5. The molecule has 0 radical (unpaired) electrons. The molecule has 8 nitrogen and oxygen atoms in total. The van der Waals surface area contributed by atoms with Gasteiger partial charge in [0.25, 0.3) is 5.91 Å². The van der Waals surface area contributed by atoms with Crippen LogP contribution in [0.15, 0.2) is 67.1 Å². The first-order valence-corrected chi connectivity index (χ1v) is 10.6. The summed E-state index contributed by atoms with van der Waals surface area (Å²) in [4.78, 5) is 16.6. The first-order chi connectivity index (χ1) is 16.0. The fourth-order valence-electron chi connectivity index (χ4n) is 3.73. The van der Waals surface area contributed by atoms with Gasteiger partial charge in [-0.1, -0.05) is 11.6 Å². The van der Waals surface area contributed by atoms with Gasteiger partial charge < -0.3 is 10.0 Å². The average Bonchev–Trinajstić information content (AvgIpc) is 3.50. The van der Waals surface area contributed by atoms with Crippen LogP contribution < -0.4 is 0 Å². The lowest BCUT2D eigenvalue weighted by Gasteiger charge is -2.29. The van der Waals surface area contributed by atoms with E-state index in [0.717, 1.165) is 11.1 Å². The molecule has 0 saturated heterocycles. The monoisotopic (exact) mass is 448 g/mol. The van der Waals surface area contributed by atoms with Crippen molar-refractivity contribution >= 4 is 5.91 Å². The van der Waals surface area contributed by atoms with E-state index in [4.69, 9.17) is 0 Å². The van der Waals surface area contributed by atoms with E-state index in [2.05, 4.69) is 15.3 Å². The number of aromatic nitrogens is 5. The van der Waals surface area contributed by atoms with Crippen LogP contribution in [0.2, 0.25) is 0 Å².